The van der Waals surface area contributed by atoms with Crippen molar-refractivity contribution in [2.24, 2.45) is 5.92 Å². The predicted octanol–water partition coefficient (Wildman–Crippen LogP) is 0.0968. The lowest BCUT2D eigenvalue weighted by Gasteiger charge is -2.29. The maximum atomic E-state index is 11.5. The van der Waals surface area contributed by atoms with Gasteiger partial charge >= 0.3 is 5.97 Å². The fourth-order valence-corrected chi connectivity index (χ4v) is 3.02. The number of ketones is 1. The first-order valence-corrected chi connectivity index (χ1v) is 8.33. The van der Waals surface area contributed by atoms with Crippen LogP contribution in [0.15, 0.2) is 24.3 Å². The van der Waals surface area contributed by atoms with Crippen LogP contribution in [-0.4, -0.2) is 56.3 Å². The number of methoxy groups -OCH3 is 1. The molecule has 0 unspecified atom stereocenters. The molecule has 24 heavy (non-hydrogen) atoms. The second-order valence-corrected chi connectivity index (χ2v) is 6.30. The molecule has 0 radical (unpaired) electrons. The third-order valence-corrected chi connectivity index (χ3v) is 4.43. The number of hydrogen-bond donors (Lipinski definition) is 2. The maximum Gasteiger partial charge on any atom is 0.309 e. The number of carbonyl (C=O) groups excluding carboxylic acids is 2. The van der Waals surface area contributed by atoms with Crippen LogP contribution in [0.4, 0.5) is 0 Å². The first kappa shape index (κ1) is 18.4. The average molecular weight is 336 g/mol. The molecule has 0 spiro atoms. The van der Waals surface area contributed by atoms with Crippen LogP contribution in [0.25, 0.3) is 0 Å². The van der Waals surface area contributed by atoms with Crippen LogP contribution in [0.2, 0.25) is 0 Å². The molecule has 0 bridgehead atoms. The normalized spacial score (nSPS) is 21.8. The number of quaternary nitrogens is 1. The fourth-order valence-electron chi connectivity index (χ4n) is 3.02. The molecule has 6 heteroatoms. The zero-order chi connectivity index (χ0) is 17.5. The molecule has 1 heterocycles. The number of piperidine rings is 1. The van der Waals surface area contributed by atoms with E-state index < -0.39 is 6.10 Å². The quantitative estimate of drug-likeness (QED) is 0.545. The van der Waals surface area contributed by atoms with Crippen molar-refractivity contribution in [3.8, 4) is 5.75 Å². The van der Waals surface area contributed by atoms with Crippen molar-refractivity contribution in [1.82, 2.24) is 0 Å². The van der Waals surface area contributed by atoms with Crippen molar-refractivity contribution >= 4 is 11.8 Å². The molecule has 1 saturated heterocycles. The molecule has 6 nitrogen and oxygen atoms in total. The number of hydrogen-bond acceptors (Lipinski definition) is 5. The molecule has 1 aliphatic heterocycles. The minimum Gasteiger partial charge on any atom is -0.491 e. The predicted molar refractivity (Wildman–Crippen MR) is 88.3 cm³/mol. The number of nitrogens with one attached hydrogen (secondary N) is 1. The van der Waals surface area contributed by atoms with E-state index in [-0.39, 0.29) is 24.3 Å². The molecule has 0 amide bonds. The van der Waals surface area contributed by atoms with Gasteiger partial charge in [-0.1, -0.05) is 12.1 Å². The van der Waals surface area contributed by atoms with Gasteiger partial charge in [0.05, 0.1) is 26.1 Å². The number of aliphatic hydroxyl groups excluding tert-OH is 1. The van der Waals surface area contributed by atoms with Gasteiger partial charge in [0.15, 0.2) is 5.78 Å². The standard InChI is InChI=1S/C18H25NO5/c1-13(20)15-4-3-5-17(10-15)24-12-16(21)11-19-8-6-14(7-9-19)18(22)23-2/h3-5,10,14,16,21H,6-9,11-12H2,1-2H3/p+1/t16-/m0/s1. The number of esters is 1. The number of Topliss-reactive ketones (excluding diaryl/α,β-unsaturated/α-hetero) is 1. The Morgan fingerprint density at radius 1 is 1.33 bits per heavy atom. The van der Waals surface area contributed by atoms with E-state index in [1.54, 1.807) is 24.3 Å². The second-order valence-electron chi connectivity index (χ2n) is 6.30. The van der Waals surface area contributed by atoms with E-state index in [1.165, 1.54) is 18.9 Å². The fraction of sp³-hybridized carbons (Fsp3) is 0.556. The van der Waals surface area contributed by atoms with E-state index in [0.29, 0.717) is 17.9 Å². The Hall–Kier alpha value is -1.92. The number of ether oxygens (including phenoxy) is 2. The summed E-state index contributed by atoms with van der Waals surface area (Å²) in [7, 11) is 1.42. The van der Waals surface area contributed by atoms with Crippen LogP contribution in [0.5, 0.6) is 5.75 Å². The molecule has 1 aromatic rings. The van der Waals surface area contributed by atoms with Crippen LogP contribution in [-0.2, 0) is 9.53 Å². The Morgan fingerprint density at radius 3 is 2.67 bits per heavy atom. The summed E-state index contributed by atoms with van der Waals surface area (Å²) < 4.78 is 10.4. The lowest BCUT2D eigenvalue weighted by atomic mass is 9.97. The summed E-state index contributed by atoms with van der Waals surface area (Å²) in [5.74, 6) is 0.421. The van der Waals surface area contributed by atoms with E-state index in [0.717, 1.165) is 25.9 Å². The maximum absolute atomic E-state index is 11.5. The SMILES string of the molecule is COC(=O)C1CC[NH+](C[C@H](O)COc2cccc(C(C)=O)c2)CC1. The minimum absolute atomic E-state index is 0.0125. The lowest BCUT2D eigenvalue weighted by Crippen LogP contribution is -3.14. The van der Waals surface area contributed by atoms with E-state index >= 15 is 0 Å². The highest BCUT2D eigenvalue weighted by molar-refractivity contribution is 5.94. The number of benzene rings is 1. The van der Waals surface area contributed by atoms with Crippen LogP contribution >= 0.6 is 0 Å². The summed E-state index contributed by atoms with van der Waals surface area (Å²) in [4.78, 5) is 24.1. The van der Waals surface area contributed by atoms with Crippen molar-refractivity contribution in [3.05, 3.63) is 29.8 Å². The smallest absolute Gasteiger partial charge is 0.309 e. The number of carbonyl (C=O) groups is 2. The third-order valence-electron chi connectivity index (χ3n) is 4.43. The van der Waals surface area contributed by atoms with Crippen LogP contribution in [0, 0.1) is 5.92 Å². The van der Waals surface area contributed by atoms with E-state index in [9.17, 15) is 14.7 Å². The number of aliphatic hydroxyl groups is 1. The van der Waals surface area contributed by atoms with Gasteiger partial charge in [0, 0.05) is 18.4 Å². The molecule has 1 aliphatic rings. The Morgan fingerprint density at radius 2 is 2.04 bits per heavy atom. The lowest BCUT2D eigenvalue weighted by molar-refractivity contribution is -0.908. The summed E-state index contributed by atoms with van der Waals surface area (Å²) in [6.45, 7) is 3.97. The summed E-state index contributed by atoms with van der Waals surface area (Å²) in [6, 6.07) is 6.96. The molecule has 2 rings (SSSR count). The molecule has 0 saturated carbocycles. The summed E-state index contributed by atoms with van der Waals surface area (Å²) in [5.41, 5.74) is 0.595. The van der Waals surface area contributed by atoms with Gasteiger partial charge in [-0.2, -0.15) is 0 Å². The van der Waals surface area contributed by atoms with E-state index in [1.807, 2.05) is 0 Å². The van der Waals surface area contributed by atoms with Gasteiger partial charge in [-0.15, -0.1) is 0 Å². The Balaban J connectivity index is 1.74. The second kappa shape index (κ2) is 8.80. The highest BCUT2D eigenvalue weighted by Crippen LogP contribution is 2.14. The molecule has 1 fully saturated rings. The zero-order valence-electron chi connectivity index (χ0n) is 14.3. The molecule has 2 N–H and O–H groups in total. The summed E-state index contributed by atoms with van der Waals surface area (Å²) >= 11 is 0. The summed E-state index contributed by atoms with van der Waals surface area (Å²) in [5, 5.41) is 10.2. The number of rotatable bonds is 7. The highest BCUT2D eigenvalue weighted by Gasteiger charge is 2.29. The monoisotopic (exact) mass is 336 g/mol. The van der Waals surface area contributed by atoms with Gasteiger partial charge in [0.25, 0.3) is 0 Å². The van der Waals surface area contributed by atoms with Crippen molar-refractivity contribution in [2.75, 3.05) is 33.4 Å². The van der Waals surface area contributed by atoms with Crippen molar-refractivity contribution in [1.29, 1.82) is 0 Å². The largest absolute Gasteiger partial charge is 0.491 e. The van der Waals surface area contributed by atoms with Crippen molar-refractivity contribution in [3.63, 3.8) is 0 Å². The first-order chi connectivity index (χ1) is 11.5. The topological polar surface area (TPSA) is 77.3 Å². The van der Waals surface area contributed by atoms with Gasteiger partial charge in [0.1, 0.15) is 25.0 Å². The Bertz CT molecular complexity index is 566. The molecule has 0 aliphatic carbocycles. The minimum atomic E-state index is -0.587. The zero-order valence-corrected chi connectivity index (χ0v) is 14.3. The van der Waals surface area contributed by atoms with Crippen LogP contribution in [0.3, 0.4) is 0 Å². The molecule has 132 valence electrons. The molecular formula is C18H26NO5+. The van der Waals surface area contributed by atoms with E-state index in [4.69, 9.17) is 9.47 Å². The molecular weight excluding hydrogens is 310 g/mol. The number of likely N-dealkylation sites (tertiary alicyclic amines) is 1. The van der Waals surface area contributed by atoms with Gasteiger partial charge < -0.3 is 19.5 Å². The van der Waals surface area contributed by atoms with Crippen LogP contribution < -0.4 is 9.64 Å². The third kappa shape index (κ3) is 5.32. The van der Waals surface area contributed by atoms with Crippen molar-refractivity contribution < 1.29 is 29.1 Å². The van der Waals surface area contributed by atoms with Gasteiger partial charge in [-0.25, -0.2) is 0 Å². The molecule has 0 aromatic heterocycles. The van der Waals surface area contributed by atoms with Gasteiger partial charge in [-0.3, -0.25) is 9.59 Å². The van der Waals surface area contributed by atoms with Crippen LogP contribution in [0.1, 0.15) is 30.1 Å². The van der Waals surface area contributed by atoms with Gasteiger partial charge in [-0.05, 0) is 19.1 Å². The molecule has 1 aromatic carbocycles. The Kier molecular flexibility index (Phi) is 6.75. The summed E-state index contributed by atoms with van der Waals surface area (Å²) in [6.07, 6.45) is 0.989. The van der Waals surface area contributed by atoms with E-state index in [2.05, 4.69) is 0 Å². The van der Waals surface area contributed by atoms with Crippen molar-refractivity contribution in [2.45, 2.75) is 25.9 Å². The first-order valence-electron chi connectivity index (χ1n) is 8.33. The Labute approximate surface area is 142 Å². The highest BCUT2D eigenvalue weighted by atomic mass is 16.5. The van der Waals surface area contributed by atoms with Gasteiger partial charge in [0.2, 0.25) is 0 Å². The molecule has 1 atom stereocenters. The average Bonchev–Trinajstić information content (AvgIpc) is 2.60.